The van der Waals surface area contributed by atoms with Crippen LogP contribution in [-0.2, 0) is 4.79 Å². The lowest BCUT2D eigenvalue weighted by Crippen LogP contribution is -2.09. The van der Waals surface area contributed by atoms with Crippen molar-refractivity contribution < 1.29 is 9.53 Å². The normalized spacial score (nSPS) is 10.5. The Labute approximate surface area is 118 Å². The van der Waals surface area contributed by atoms with E-state index >= 15 is 0 Å². The number of pyridine rings is 1. The van der Waals surface area contributed by atoms with Gasteiger partial charge in [0.05, 0.1) is 12.8 Å². The second-order valence-corrected chi connectivity index (χ2v) is 4.31. The number of methoxy groups -OCH3 is 1. The van der Waals surface area contributed by atoms with E-state index < -0.39 is 0 Å². The standard InChI is InChI=1S/C16H16N2O2/c1-12-5-7-15(20-2)14(10-12)18-16(19)8-6-13-4-3-9-17-11-13/h3-11H,1-2H3,(H,18,19). The van der Waals surface area contributed by atoms with E-state index in [4.69, 9.17) is 4.74 Å². The molecule has 2 rings (SSSR count). The summed E-state index contributed by atoms with van der Waals surface area (Å²) in [6.07, 6.45) is 6.56. The molecule has 1 heterocycles. The SMILES string of the molecule is COc1ccc(C)cc1NC(=O)C=Cc1cccnc1. The molecule has 0 saturated heterocycles. The summed E-state index contributed by atoms with van der Waals surface area (Å²) in [5.74, 6) is 0.427. The molecule has 1 aromatic heterocycles. The van der Waals surface area contributed by atoms with Crippen LogP contribution < -0.4 is 10.1 Å². The van der Waals surface area contributed by atoms with Crippen molar-refractivity contribution in [3.8, 4) is 5.75 Å². The van der Waals surface area contributed by atoms with Crippen LogP contribution >= 0.6 is 0 Å². The molecule has 2 aromatic rings. The maximum atomic E-state index is 11.9. The largest absolute Gasteiger partial charge is 0.495 e. The first-order chi connectivity index (χ1) is 9.69. The number of benzene rings is 1. The third kappa shape index (κ3) is 3.68. The molecule has 0 aliphatic heterocycles. The molecule has 0 aliphatic rings. The third-order valence-electron chi connectivity index (χ3n) is 2.72. The van der Waals surface area contributed by atoms with E-state index in [-0.39, 0.29) is 5.91 Å². The van der Waals surface area contributed by atoms with Crippen LogP contribution in [0.2, 0.25) is 0 Å². The summed E-state index contributed by atoms with van der Waals surface area (Å²) >= 11 is 0. The lowest BCUT2D eigenvalue weighted by Gasteiger charge is -2.09. The molecule has 0 unspecified atom stereocenters. The zero-order valence-corrected chi connectivity index (χ0v) is 11.5. The first kappa shape index (κ1) is 13.8. The Morgan fingerprint density at radius 1 is 1.35 bits per heavy atom. The molecule has 1 amide bonds. The number of rotatable bonds is 4. The van der Waals surface area contributed by atoms with E-state index in [1.54, 1.807) is 25.6 Å². The Morgan fingerprint density at radius 3 is 2.90 bits per heavy atom. The maximum Gasteiger partial charge on any atom is 0.248 e. The van der Waals surface area contributed by atoms with E-state index in [0.29, 0.717) is 11.4 Å². The van der Waals surface area contributed by atoms with Crippen molar-refractivity contribution in [2.75, 3.05) is 12.4 Å². The van der Waals surface area contributed by atoms with E-state index in [9.17, 15) is 4.79 Å². The fourth-order valence-corrected chi connectivity index (χ4v) is 1.74. The molecule has 20 heavy (non-hydrogen) atoms. The number of carbonyl (C=O) groups is 1. The first-order valence-corrected chi connectivity index (χ1v) is 6.23. The van der Waals surface area contributed by atoms with Crippen LogP contribution in [0.15, 0.2) is 48.8 Å². The van der Waals surface area contributed by atoms with E-state index in [1.165, 1.54) is 6.08 Å². The molecule has 1 N–H and O–H groups in total. The second-order valence-electron chi connectivity index (χ2n) is 4.31. The Hall–Kier alpha value is -2.62. The third-order valence-corrected chi connectivity index (χ3v) is 2.72. The summed E-state index contributed by atoms with van der Waals surface area (Å²) in [5, 5.41) is 2.80. The van der Waals surface area contributed by atoms with Gasteiger partial charge in [-0.15, -0.1) is 0 Å². The van der Waals surface area contributed by atoms with Crippen LogP contribution in [0.5, 0.6) is 5.75 Å². The number of carbonyl (C=O) groups excluding carboxylic acids is 1. The molecule has 0 fully saturated rings. The van der Waals surface area contributed by atoms with Gasteiger partial charge >= 0.3 is 0 Å². The molecule has 0 saturated carbocycles. The summed E-state index contributed by atoms with van der Waals surface area (Å²) in [7, 11) is 1.58. The molecule has 0 aliphatic carbocycles. The van der Waals surface area contributed by atoms with Crippen molar-refractivity contribution in [1.29, 1.82) is 0 Å². The second kappa shape index (κ2) is 6.52. The molecule has 1 aromatic carbocycles. The number of hydrogen-bond acceptors (Lipinski definition) is 3. The number of ether oxygens (including phenoxy) is 1. The topological polar surface area (TPSA) is 51.2 Å². The van der Waals surface area contributed by atoms with Crippen molar-refractivity contribution in [3.63, 3.8) is 0 Å². The van der Waals surface area contributed by atoms with Gasteiger partial charge in [0, 0.05) is 18.5 Å². The van der Waals surface area contributed by atoms with Crippen LogP contribution in [0.4, 0.5) is 5.69 Å². The summed E-state index contributed by atoms with van der Waals surface area (Å²) in [4.78, 5) is 15.9. The van der Waals surface area contributed by atoms with Gasteiger partial charge in [-0.1, -0.05) is 12.1 Å². The minimum absolute atomic E-state index is 0.210. The summed E-state index contributed by atoms with van der Waals surface area (Å²) < 4.78 is 5.22. The quantitative estimate of drug-likeness (QED) is 0.867. The molecule has 0 atom stereocenters. The fourth-order valence-electron chi connectivity index (χ4n) is 1.74. The van der Waals surface area contributed by atoms with Gasteiger partial charge in [-0.3, -0.25) is 9.78 Å². The summed E-state index contributed by atoms with van der Waals surface area (Å²) in [6, 6.07) is 9.33. The number of aromatic nitrogens is 1. The molecule has 102 valence electrons. The van der Waals surface area contributed by atoms with Gasteiger partial charge in [-0.25, -0.2) is 0 Å². The summed E-state index contributed by atoms with van der Waals surface area (Å²) in [6.45, 7) is 1.96. The lowest BCUT2D eigenvalue weighted by molar-refractivity contribution is -0.111. The highest BCUT2D eigenvalue weighted by Gasteiger charge is 2.05. The zero-order valence-electron chi connectivity index (χ0n) is 11.5. The average Bonchev–Trinajstić information content (AvgIpc) is 2.46. The van der Waals surface area contributed by atoms with Gasteiger partial charge in [-0.2, -0.15) is 0 Å². The zero-order chi connectivity index (χ0) is 14.4. The van der Waals surface area contributed by atoms with E-state index in [1.807, 2.05) is 37.3 Å². The van der Waals surface area contributed by atoms with Gasteiger partial charge in [0.1, 0.15) is 5.75 Å². The van der Waals surface area contributed by atoms with Crippen LogP contribution in [0.1, 0.15) is 11.1 Å². The monoisotopic (exact) mass is 268 g/mol. The number of aryl methyl sites for hydroxylation is 1. The molecule has 0 bridgehead atoms. The van der Waals surface area contributed by atoms with Crippen molar-refractivity contribution in [2.24, 2.45) is 0 Å². The Morgan fingerprint density at radius 2 is 2.20 bits per heavy atom. The molecule has 4 heteroatoms. The Bertz CT molecular complexity index is 622. The number of nitrogens with zero attached hydrogens (tertiary/aromatic N) is 1. The predicted molar refractivity (Wildman–Crippen MR) is 79.6 cm³/mol. The molecule has 4 nitrogen and oxygen atoms in total. The first-order valence-electron chi connectivity index (χ1n) is 6.23. The molecular weight excluding hydrogens is 252 g/mol. The highest BCUT2D eigenvalue weighted by molar-refractivity contribution is 6.02. The average molecular weight is 268 g/mol. The number of amides is 1. The highest BCUT2D eigenvalue weighted by atomic mass is 16.5. The van der Waals surface area contributed by atoms with Gasteiger partial charge in [0.25, 0.3) is 0 Å². The van der Waals surface area contributed by atoms with Crippen molar-refractivity contribution >= 4 is 17.7 Å². The molecular formula is C16H16N2O2. The Kier molecular flexibility index (Phi) is 4.50. The minimum atomic E-state index is -0.210. The fraction of sp³-hybridized carbons (Fsp3) is 0.125. The van der Waals surface area contributed by atoms with E-state index in [2.05, 4.69) is 10.3 Å². The van der Waals surface area contributed by atoms with Crippen LogP contribution in [0.3, 0.4) is 0 Å². The lowest BCUT2D eigenvalue weighted by atomic mass is 10.2. The van der Waals surface area contributed by atoms with Gasteiger partial charge in [0.2, 0.25) is 5.91 Å². The van der Waals surface area contributed by atoms with E-state index in [0.717, 1.165) is 11.1 Å². The van der Waals surface area contributed by atoms with Crippen LogP contribution in [0.25, 0.3) is 6.08 Å². The summed E-state index contributed by atoms with van der Waals surface area (Å²) in [5.41, 5.74) is 2.59. The van der Waals surface area contributed by atoms with Gasteiger partial charge < -0.3 is 10.1 Å². The van der Waals surface area contributed by atoms with Gasteiger partial charge in [-0.05, 0) is 42.3 Å². The van der Waals surface area contributed by atoms with Crippen molar-refractivity contribution in [2.45, 2.75) is 6.92 Å². The molecule has 0 radical (unpaired) electrons. The van der Waals surface area contributed by atoms with Crippen molar-refractivity contribution in [1.82, 2.24) is 4.98 Å². The minimum Gasteiger partial charge on any atom is -0.495 e. The van der Waals surface area contributed by atoms with Gasteiger partial charge in [0.15, 0.2) is 0 Å². The number of hydrogen-bond donors (Lipinski definition) is 1. The number of nitrogens with one attached hydrogen (secondary N) is 1. The Balaban J connectivity index is 2.08. The van der Waals surface area contributed by atoms with Crippen LogP contribution in [0, 0.1) is 6.92 Å². The number of anilines is 1. The predicted octanol–water partition coefficient (Wildman–Crippen LogP) is 3.05. The highest BCUT2D eigenvalue weighted by Crippen LogP contribution is 2.25. The maximum absolute atomic E-state index is 11.9. The molecule has 0 spiro atoms. The van der Waals surface area contributed by atoms with Crippen LogP contribution in [-0.4, -0.2) is 18.0 Å². The smallest absolute Gasteiger partial charge is 0.248 e. The van der Waals surface area contributed by atoms with Crippen molar-refractivity contribution in [3.05, 3.63) is 59.9 Å².